The van der Waals surface area contributed by atoms with E-state index in [-0.39, 0.29) is 0 Å². The van der Waals surface area contributed by atoms with E-state index in [4.69, 9.17) is 0 Å². The summed E-state index contributed by atoms with van der Waals surface area (Å²) in [7, 11) is 4.22. The van der Waals surface area contributed by atoms with Crippen molar-refractivity contribution in [2.45, 2.75) is 33.4 Å². The lowest BCUT2D eigenvalue weighted by molar-refractivity contribution is 0.175. The van der Waals surface area contributed by atoms with E-state index >= 15 is 0 Å². The van der Waals surface area contributed by atoms with Crippen LogP contribution in [0.4, 0.5) is 0 Å². The number of likely N-dealkylation sites (N-methyl/N-ethyl adjacent to an activating group) is 2. The molecule has 0 amide bonds. The Kier molecular flexibility index (Phi) is 5.65. The van der Waals surface area contributed by atoms with Crippen molar-refractivity contribution in [2.24, 2.45) is 13.0 Å². The molecule has 0 aromatic carbocycles. The monoisotopic (exact) mass is 238 g/mol. The molecule has 1 aromatic rings. The minimum atomic E-state index is 0.548. The van der Waals surface area contributed by atoms with Crippen LogP contribution in [0.25, 0.3) is 0 Å². The molecule has 0 aliphatic heterocycles. The summed E-state index contributed by atoms with van der Waals surface area (Å²) in [5, 5.41) is 3.44. The molecule has 4 heteroatoms. The first-order valence-electron chi connectivity index (χ1n) is 6.43. The van der Waals surface area contributed by atoms with E-state index in [1.807, 2.05) is 19.4 Å². The highest BCUT2D eigenvalue weighted by atomic mass is 15.2. The van der Waals surface area contributed by atoms with Gasteiger partial charge in [0.1, 0.15) is 5.82 Å². The summed E-state index contributed by atoms with van der Waals surface area (Å²) in [6.07, 6.45) is 3.86. The molecule has 0 fully saturated rings. The minimum absolute atomic E-state index is 0.548. The normalized spacial score (nSPS) is 13.6. The predicted octanol–water partition coefficient (Wildman–Crippen LogP) is 1.49. The Labute approximate surface area is 105 Å². The Hall–Kier alpha value is -0.870. The number of hydrogen-bond donors (Lipinski definition) is 1. The van der Waals surface area contributed by atoms with E-state index < -0.39 is 0 Å². The summed E-state index contributed by atoms with van der Waals surface area (Å²) < 4.78 is 2.08. The summed E-state index contributed by atoms with van der Waals surface area (Å²) in [4.78, 5) is 6.76. The summed E-state index contributed by atoms with van der Waals surface area (Å²) in [6, 6.07) is 0.548. The smallest absolute Gasteiger partial charge is 0.122 e. The first-order valence-corrected chi connectivity index (χ1v) is 6.43. The van der Waals surface area contributed by atoms with Gasteiger partial charge in [0.2, 0.25) is 0 Å². The van der Waals surface area contributed by atoms with Gasteiger partial charge in [0.05, 0.1) is 6.54 Å². The molecule has 4 nitrogen and oxygen atoms in total. The molecule has 0 spiro atoms. The van der Waals surface area contributed by atoms with Crippen LogP contribution in [0.15, 0.2) is 12.4 Å². The zero-order valence-electron chi connectivity index (χ0n) is 11.8. The molecular formula is C13H26N4. The summed E-state index contributed by atoms with van der Waals surface area (Å²) in [5.41, 5.74) is 0. The van der Waals surface area contributed by atoms with Crippen LogP contribution in [-0.2, 0) is 13.6 Å². The number of rotatable bonds is 7. The van der Waals surface area contributed by atoms with Crippen LogP contribution in [0.5, 0.6) is 0 Å². The number of aryl methyl sites for hydroxylation is 1. The molecule has 1 atom stereocenters. The molecule has 0 aliphatic rings. The maximum atomic E-state index is 4.38. The Bertz CT molecular complexity index is 319. The van der Waals surface area contributed by atoms with Gasteiger partial charge in [0.15, 0.2) is 0 Å². The van der Waals surface area contributed by atoms with Gasteiger partial charge in [-0.05, 0) is 19.5 Å². The van der Waals surface area contributed by atoms with E-state index in [1.54, 1.807) is 0 Å². The Balaban J connectivity index is 2.58. The predicted molar refractivity (Wildman–Crippen MR) is 71.8 cm³/mol. The highest BCUT2D eigenvalue weighted by Crippen LogP contribution is 2.11. The first kappa shape index (κ1) is 14.2. The van der Waals surface area contributed by atoms with Gasteiger partial charge in [-0.2, -0.15) is 0 Å². The van der Waals surface area contributed by atoms with Gasteiger partial charge in [0, 0.05) is 32.0 Å². The summed E-state index contributed by atoms with van der Waals surface area (Å²) in [6.45, 7) is 9.66. The molecule has 17 heavy (non-hydrogen) atoms. The SMILES string of the molecule is CCNCC(C(C)C)N(C)Cc1nccn1C. The van der Waals surface area contributed by atoms with E-state index in [1.165, 1.54) is 0 Å². The van der Waals surface area contributed by atoms with Gasteiger partial charge >= 0.3 is 0 Å². The number of hydrogen-bond acceptors (Lipinski definition) is 3. The zero-order valence-corrected chi connectivity index (χ0v) is 11.8. The quantitative estimate of drug-likeness (QED) is 0.781. The lowest BCUT2D eigenvalue weighted by Gasteiger charge is -2.31. The van der Waals surface area contributed by atoms with Crippen molar-refractivity contribution in [3.8, 4) is 0 Å². The van der Waals surface area contributed by atoms with Crippen LogP contribution in [0, 0.1) is 5.92 Å². The summed E-state index contributed by atoms with van der Waals surface area (Å²) in [5.74, 6) is 1.76. The molecule has 0 bridgehead atoms. The standard InChI is InChI=1S/C13H26N4/c1-6-14-9-12(11(2)3)17(5)10-13-15-7-8-16(13)4/h7-8,11-12,14H,6,9-10H2,1-5H3. The number of aromatic nitrogens is 2. The van der Waals surface area contributed by atoms with Crippen molar-refractivity contribution in [1.82, 2.24) is 19.8 Å². The lowest BCUT2D eigenvalue weighted by Crippen LogP contribution is -2.43. The highest BCUT2D eigenvalue weighted by molar-refractivity contribution is 4.92. The third kappa shape index (κ3) is 4.13. The molecular weight excluding hydrogens is 212 g/mol. The van der Waals surface area contributed by atoms with E-state index in [2.05, 4.69) is 47.6 Å². The molecule has 98 valence electrons. The van der Waals surface area contributed by atoms with E-state index in [0.29, 0.717) is 12.0 Å². The fourth-order valence-electron chi connectivity index (χ4n) is 2.08. The fraction of sp³-hybridized carbons (Fsp3) is 0.769. The van der Waals surface area contributed by atoms with Crippen molar-refractivity contribution >= 4 is 0 Å². The average molecular weight is 238 g/mol. The van der Waals surface area contributed by atoms with Crippen LogP contribution in [0.1, 0.15) is 26.6 Å². The largest absolute Gasteiger partial charge is 0.337 e. The Morgan fingerprint density at radius 2 is 2.18 bits per heavy atom. The first-order chi connectivity index (χ1) is 8.06. The van der Waals surface area contributed by atoms with Crippen LogP contribution >= 0.6 is 0 Å². The maximum absolute atomic E-state index is 4.38. The van der Waals surface area contributed by atoms with E-state index in [9.17, 15) is 0 Å². The molecule has 0 radical (unpaired) electrons. The van der Waals surface area contributed by atoms with Crippen molar-refractivity contribution in [3.05, 3.63) is 18.2 Å². The third-order valence-corrected chi connectivity index (χ3v) is 3.25. The van der Waals surface area contributed by atoms with Crippen LogP contribution in [0.2, 0.25) is 0 Å². The molecule has 1 N–H and O–H groups in total. The van der Waals surface area contributed by atoms with Gasteiger partial charge in [-0.3, -0.25) is 4.90 Å². The van der Waals surface area contributed by atoms with Crippen molar-refractivity contribution in [2.75, 3.05) is 20.1 Å². The average Bonchev–Trinajstić information content (AvgIpc) is 2.64. The van der Waals surface area contributed by atoms with Gasteiger partial charge < -0.3 is 9.88 Å². The Morgan fingerprint density at radius 1 is 1.47 bits per heavy atom. The molecule has 0 aliphatic carbocycles. The molecule has 1 aromatic heterocycles. The zero-order chi connectivity index (χ0) is 12.8. The van der Waals surface area contributed by atoms with Crippen molar-refractivity contribution in [3.63, 3.8) is 0 Å². The van der Waals surface area contributed by atoms with Crippen molar-refractivity contribution in [1.29, 1.82) is 0 Å². The maximum Gasteiger partial charge on any atom is 0.122 e. The van der Waals surface area contributed by atoms with Crippen LogP contribution in [-0.4, -0.2) is 40.6 Å². The highest BCUT2D eigenvalue weighted by Gasteiger charge is 2.19. The Morgan fingerprint density at radius 3 is 2.65 bits per heavy atom. The van der Waals surface area contributed by atoms with Gasteiger partial charge in [-0.15, -0.1) is 0 Å². The number of nitrogens with one attached hydrogen (secondary N) is 1. The van der Waals surface area contributed by atoms with Crippen molar-refractivity contribution < 1.29 is 0 Å². The summed E-state index contributed by atoms with van der Waals surface area (Å²) >= 11 is 0. The molecule has 1 heterocycles. The number of imidazole rings is 1. The van der Waals surface area contributed by atoms with Gasteiger partial charge in [0.25, 0.3) is 0 Å². The molecule has 1 rings (SSSR count). The minimum Gasteiger partial charge on any atom is -0.337 e. The third-order valence-electron chi connectivity index (χ3n) is 3.25. The number of nitrogens with zero attached hydrogens (tertiary/aromatic N) is 3. The van der Waals surface area contributed by atoms with Crippen LogP contribution in [0.3, 0.4) is 0 Å². The van der Waals surface area contributed by atoms with Gasteiger partial charge in [-0.1, -0.05) is 20.8 Å². The second-order valence-corrected chi connectivity index (χ2v) is 4.99. The van der Waals surface area contributed by atoms with E-state index in [0.717, 1.165) is 25.5 Å². The molecule has 0 saturated heterocycles. The topological polar surface area (TPSA) is 33.1 Å². The fourth-order valence-corrected chi connectivity index (χ4v) is 2.08. The van der Waals surface area contributed by atoms with Gasteiger partial charge in [-0.25, -0.2) is 4.98 Å². The molecule has 1 unspecified atom stereocenters. The lowest BCUT2D eigenvalue weighted by atomic mass is 10.0. The second kappa shape index (κ2) is 6.77. The second-order valence-electron chi connectivity index (χ2n) is 4.99. The molecule has 0 saturated carbocycles. The van der Waals surface area contributed by atoms with Crippen LogP contribution < -0.4 is 5.32 Å².